The SMILES string of the molecule is CCCCOCCCNC(CC)C(O)c1ccccc1. The maximum atomic E-state index is 10.4. The van der Waals surface area contributed by atoms with Crippen molar-refractivity contribution in [1.82, 2.24) is 5.32 Å². The largest absolute Gasteiger partial charge is 0.387 e. The van der Waals surface area contributed by atoms with Gasteiger partial charge in [-0.3, -0.25) is 0 Å². The molecule has 20 heavy (non-hydrogen) atoms. The van der Waals surface area contributed by atoms with E-state index in [1.165, 1.54) is 6.42 Å². The van der Waals surface area contributed by atoms with Gasteiger partial charge in [-0.15, -0.1) is 0 Å². The van der Waals surface area contributed by atoms with Gasteiger partial charge in [0.25, 0.3) is 0 Å². The highest BCUT2D eigenvalue weighted by molar-refractivity contribution is 5.18. The molecular weight excluding hydrogens is 250 g/mol. The zero-order chi connectivity index (χ0) is 14.6. The number of hydrogen-bond donors (Lipinski definition) is 2. The van der Waals surface area contributed by atoms with Crippen molar-refractivity contribution in [1.29, 1.82) is 0 Å². The van der Waals surface area contributed by atoms with Gasteiger partial charge in [-0.25, -0.2) is 0 Å². The monoisotopic (exact) mass is 279 g/mol. The first-order chi connectivity index (χ1) is 9.79. The molecule has 3 nitrogen and oxygen atoms in total. The summed E-state index contributed by atoms with van der Waals surface area (Å²) in [5, 5.41) is 13.8. The van der Waals surface area contributed by atoms with Gasteiger partial charge in [0.2, 0.25) is 0 Å². The standard InChI is InChI=1S/C17H29NO2/c1-3-5-13-20-14-9-12-18-16(4-2)17(19)15-10-7-6-8-11-15/h6-8,10-11,16-19H,3-5,9,12-14H2,1-2H3. The molecule has 0 saturated carbocycles. The number of hydrogen-bond acceptors (Lipinski definition) is 3. The smallest absolute Gasteiger partial charge is 0.0942 e. The first kappa shape index (κ1) is 17.2. The Labute approximate surface area is 123 Å². The molecule has 1 aromatic carbocycles. The lowest BCUT2D eigenvalue weighted by Crippen LogP contribution is -2.35. The fourth-order valence-electron chi connectivity index (χ4n) is 2.17. The van der Waals surface area contributed by atoms with Crippen LogP contribution in [0.5, 0.6) is 0 Å². The zero-order valence-electron chi connectivity index (χ0n) is 12.8. The third kappa shape index (κ3) is 6.51. The Morgan fingerprint density at radius 1 is 1.10 bits per heavy atom. The Morgan fingerprint density at radius 2 is 1.80 bits per heavy atom. The molecule has 0 bridgehead atoms. The first-order valence-corrected chi connectivity index (χ1v) is 7.83. The zero-order valence-corrected chi connectivity index (χ0v) is 12.8. The van der Waals surface area contributed by atoms with E-state index < -0.39 is 6.10 Å². The molecular formula is C17H29NO2. The van der Waals surface area contributed by atoms with Crippen LogP contribution in [0.4, 0.5) is 0 Å². The summed E-state index contributed by atoms with van der Waals surface area (Å²) in [6, 6.07) is 9.96. The molecule has 0 aliphatic heterocycles. The summed E-state index contributed by atoms with van der Waals surface area (Å²) in [5.41, 5.74) is 0.978. The first-order valence-electron chi connectivity index (χ1n) is 7.83. The topological polar surface area (TPSA) is 41.5 Å². The molecule has 0 saturated heterocycles. The van der Waals surface area contributed by atoms with Crippen molar-refractivity contribution in [3.8, 4) is 0 Å². The maximum absolute atomic E-state index is 10.4. The predicted molar refractivity (Wildman–Crippen MR) is 83.8 cm³/mol. The van der Waals surface area contributed by atoms with Crippen LogP contribution in [0.25, 0.3) is 0 Å². The van der Waals surface area contributed by atoms with Crippen LogP contribution in [0, 0.1) is 0 Å². The van der Waals surface area contributed by atoms with Crippen molar-refractivity contribution >= 4 is 0 Å². The summed E-state index contributed by atoms with van der Waals surface area (Å²) < 4.78 is 5.53. The van der Waals surface area contributed by atoms with Crippen LogP contribution in [0.2, 0.25) is 0 Å². The van der Waals surface area contributed by atoms with Crippen LogP contribution in [0.1, 0.15) is 51.2 Å². The molecule has 0 amide bonds. The fraction of sp³-hybridized carbons (Fsp3) is 0.647. The fourth-order valence-corrected chi connectivity index (χ4v) is 2.17. The number of benzene rings is 1. The van der Waals surface area contributed by atoms with E-state index in [9.17, 15) is 5.11 Å². The highest BCUT2D eigenvalue weighted by atomic mass is 16.5. The van der Waals surface area contributed by atoms with Gasteiger partial charge in [-0.1, -0.05) is 50.6 Å². The van der Waals surface area contributed by atoms with Gasteiger partial charge in [0.05, 0.1) is 6.10 Å². The van der Waals surface area contributed by atoms with Crippen molar-refractivity contribution in [2.24, 2.45) is 0 Å². The summed E-state index contributed by atoms with van der Waals surface area (Å²) in [6.07, 6.45) is 3.77. The second-order valence-corrected chi connectivity index (χ2v) is 5.14. The molecule has 1 aromatic rings. The summed E-state index contributed by atoms with van der Waals surface area (Å²) in [7, 11) is 0. The molecule has 0 spiro atoms. The third-order valence-electron chi connectivity index (χ3n) is 3.48. The average molecular weight is 279 g/mol. The van der Waals surface area contributed by atoms with Crippen LogP contribution < -0.4 is 5.32 Å². The van der Waals surface area contributed by atoms with E-state index in [2.05, 4.69) is 19.2 Å². The Hall–Kier alpha value is -0.900. The Morgan fingerprint density at radius 3 is 2.45 bits per heavy atom. The second kappa shape index (κ2) is 10.8. The number of rotatable bonds is 11. The van der Waals surface area contributed by atoms with Crippen molar-refractivity contribution in [3.63, 3.8) is 0 Å². The number of unbranched alkanes of at least 4 members (excludes halogenated alkanes) is 1. The average Bonchev–Trinajstić information content (AvgIpc) is 2.50. The van der Waals surface area contributed by atoms with Crippen molar-refractivity contribution in [2.75, 3.05) is 19.8 Å². The van der Waals surface area contributed by atoms with Gasteiger partial charge in [-0.2, -0.15) is 0 Å². The Kier molecular flexibility index (Phi) is 9.29. The minimum absolute atomic E-state index is 0.105. The van der Waals surface area contributed by atoms with Gasteiger partial charge < -0.3 is 15.2 Å². The third-order valence-corrected chi connectivity index (χ3v) is 3.48. The van der Waals surface area contributed by atoms with Gasteiger partial charge in [0.1, 0.15) is 0 Å². The predicted octanol–water partition coefficient (Wildman–Crippen LogP) is 3.30. The molecule has 0 radical (unpaired) electrons. The molecule has 0 aliphatic carbocycles. The molecule has 114 valence electrons. The van der Waals surface area contributed by atoms with Crippen LogP contribution in [-0.2, 0) is 4.74 Å². The lowest BCUT2D eigenvalue weighted by atomic mass is 10.0. The van der Waals surface area contributed by atoms with Gasteiger partial charge in [0.15, 0.2) is 0 Å². The van der Waals surface area contributed by atoms with Crippen LogP contribution in [0.3, 0.4) is 0 Å². The van der Waals surface area contributed by atoms with Crippen LogP contribution >= 0.6 is 0 Å². The van der Waals surface area contributed by atoms with Gasteiger partial charge >= 0.3 is 0 Å². The molecule has 2 unspecified atom stereocenters. The van der Waals surface area contributed by atoms with E-state index in [1.54, 1.807) is 0 Å². The number of aliphatic hydroxyl groups is 1. The van der Waals surface area contributed by atoms with Gasteiger partial charge in [-0.05, 0) is 31.4 Å². The molecule has 2 N–H and O–H groups in total. The van der Waals surface area contributed by atoms with Crippen LogP contribution in [-0.4, -0.2) is 30.9 Å². The molecule has 0 aromatic heterocycles. The van der Waals surface area contributed by atoms with E-state index >= 15 is 0 Å². The van der Waals surface area contributed by atoms with E-state index in [1.807, 2.05) is 30.3 Å². The van der Waals surface area contributed by atoms with E-state index in [4.69, 9.17) is 4.74 Å². The van der Waals surface area contributed by atoms with Crippen LogP contribution in [0.15, 0.2) is 30.3 Å². The highest BCUT2D eigenvalue weighted by Gasteiger charge is 2.17. The van der Waals surface area contributed by atoms with Crippen molar-refractivity contribution in [3.05, 3.63) is 35.9 Å². The molecule has 2 atom stereocenters. The highest BCUT2D eigenvalue weighted by Crippen LogP contribution is 2.18. The maximum Gasteiger partial charge on any atom is 0.0942 e. The minimum Gasteiger partial charge on any atom is -0.387 e. The molecule has 1 rings (SSSR count). The summed E-state index contributed by atoms with van der Waals surface area (Å²) in [6.45, 7) is 6.81. The quantitative estimate of drug-likeness (QED) is 0.611. The Bertz CT molecular complexity index is 329. The van der Waals surface area contributed by atoms with E-state index in [0.29, 0.717) is 0 Å². The van der Waals surface area contributed by atoms with E-state index in [0.717, 1.165) is 44.6 Å². The number of aliphatic hydroxyl groups excluding tert-OH is 1. The molecule has 3 heteroatoms. The lowest BCUT2D eigenvalue weighted by Gasteiger charge is -2.23. The van der Waals surface area contributed by atoms with Crippen molar-refractivity contribution < 1.29 is 9.84 Å². The number of nitrogens with one attached hydrogen (secondary N) is 1. The normalized spacial score (nSPS) is 14.2. The van der Waals surface area contributed by atoms with E-state index in [-0.39, 0.29) is 6.04 Å². The molecule has 0 heterocycles. The van der Waals surface area contributed by atoms with Gasteiger partial charge in [0, 0.05) is 19.3 Å². The Balaban J connectivity index is 2.22. The summed E-state index contributed by atoms with van der Waals surface area (Å²) in [4.78, 5) is 0. The minimum atomic E-state index is -0.442. The molecule has 0 aliphatic rings. The molecule has 0 fully saturated rings. The number of ether oxygens (including phenoxy) is 1. The second-order valence-electron chi connectivity index (χ2n) is 5.14. The van der Waals surface area contributed by atoms with Crippen molar-refractivity contribution in [2.45, 2.75) is 51.7 Å². The summed E-state index contributed by atoms with van der Waals surface area (Å²) in [5.74, 6) is 0. The lowest BCUT2D eigenvalue weighted by molar-refractivity contribution is 0.113. The summed E-state index contributed by atoms with van der Waals surface area (Å²) >= 11 is 0.